The van der Waals surface area contributed by atoms with Gasteiger partial charge in [-0.3, -0.25) is 9.69 Å². The first-order chi connectivity index (χ1) is 18.2. The number of thiocarbonyl (C=S) groups is 1. The zero-order valence-corrected chi connectivity index (χ0v) is 24.2. The van der Waals surface area contributed by atoms with Crippen LogP contribution in [0.4, 0.5) is 0 Å². The largest absolute Gasteiger partial charge is 0.493 e. The molecule has 0 unspecified atom stereocenters. The van der Waals surface area contributed by atoms with Gasteiger partial charge in [0, 0.05) is 0 Å². The molecule has 0 radical (unpaired) electrons. The van der Waals surface area contributed by atoms with Crippen LogP contribution in [0.2, 0.25) is 5.02 Å². The van der Waals surface area contributed by atoms with Crippen LogP contribution in [0.15, 0.2) is 71.6 Å². The lowest BCUT2D eigenvalue weighted by molar-refractivity contribution is -0.122. The maximum Gasteiger partial charge on any atom is 0.266 e. The molecule has 0 aromatic heterocycles. The van der Waals surface area contributed by atoms with Crippen molar-refractivity contribution >= 4 is 51.9 Å². The fourth-order valence-electron chi connectivity index (χ4n) is 3.87. The van der Waals surface area contributed by atoms with Gasteiger partial charge in [-0.05, 0) is 52.4 Å². The van der Waals surface area contributed by atoms with Crippen LogP contribution in [-0.4, -0.2) is 35.5 Å². The second-order valence-corrected chi connectivity index (χ2v) is 11.8. The Hall–Kier alpha value is -3.00. The average molecular weight is 568 g/mol. The van der Waals surface area contributed by atoms with E-state index in [2.05, 4.69) is 32.9 Å². The van der Waals surface area contributed by atoms with E-state index in [9.17, 15) is 4.79 Å². The van der Waals surface area contributed by atoms with Crippen LogP contribution in [0.3, 0.4) is 0 Å². The number of hydrogen-bond donors (Lipinski definition) is 0. The van der Waals surface area contributed by atoms with E-state index in [-0.39, 0.29) is 17.9 Å². The summed E-state index contributed by atoms with van der Waals surface area (Å²) < 4.78 is 17.8. The molecule has 3 aromatic carbocycles. The number of halogens is 1. The molecule has 5 nitrogen and oxygen atoms in total. The summed E-state index contributed by atoms with van der Waals surface area (Å²) in [6.45, 7) is 7.59. The van der Waals surface area contributed by atoms with Gasteiger partial charge >= 0.3 is 0 Å². The predicted octanol–water partition coefficient (Wildman–Crippen LogP) is 7.51. The number of methoxy groups -OCH3 is 1. The number of hydrogen-bond acceptors (Lipinski definition) is 6. The molecule has 3 aromatic rings. The van der Waals surface area contributed by atoms with E-state index >= 15 is 0 Å². The molecule has 0 N–H and O–H groups in total. The van der Waals surface area contributed by atoms with E-state index in [0.717, 1.165) is 16.9 Å². The molecule has 1 aliphatic heterocycles. The minimum atomic E-state index is -0.132. The molecule has 0 saturated carbocycles. The van der Waals surface area contributed by atoms with Crippen molar-refractivity contribution in [3.63, 3.8) is 0 Å². The van der Waals surface area contributed by atoms with Crippen LogP contribution >= 0.6 is 35.6 Å². The van der Waals surface area contributed by atoms with Gasteiger partial charge in [-0.15, -0.1) is 0 Å². The third-order valence-corrected chi connectivity index (χ3v) is 7.58. The number of carbonyl (C=O) groups excluding carboxylic acids is 1. The molecule has 0 aliphatic carbocycles. The lowest BCUT2D eigenvalue weighted by Crippen LogP contribution is -2.27. The van der Waals surface area contributed by atoms with Gasteiger partial charge in [0.2, 0.25) is 0 Å². The lowest BCUT2D eigenvalue weighted by atomic mass is 9.87. The SMILES string of the molecule is COc1cc(C=C2SC(=S)N(Cc3ccccc3)C2=O)cc(Cl)c1OCCOc1ccc(C(C)(C)C)cc1. The topological polar surface area (TPSA) is 48.0 Å². The molecular weight excluding hydrogens is 538 g/mol. The normalized spacial score (nSPS) is 14.8. The molecule has 4 rings (SSSR count). The maximum atomic E-state index is 13.0. The molecule has 8 heteroatoms. The Morgan fingerprint density at radius 1 is 1.00 bits per heavy atom. The van der Waals surface area contributed by atoms with Crippen molar-refractivity contribution in [3.05, 3.63) is 93.3 Å². The summed E-state index contributed by atoms with van der Waals surface area (Å²) in [7, 11) is 1.55. The molecule has 38 heavy (non-hydrogen) atoms. The highest BCUT2D eigenvalue weighted by Crippen LogP contribution is 2.39. The fourth-order valence-corrected chi connectivity index (χ4v) is 5.40. The number of nitrogens with zero attached hydrogens (tertiary/aromatic N) is 1. The van der Waals surface area contributed by atoms with Crippen molar-refractivity contribution in [1.29, 1.82) is 0 Å². The Bertz CT molecular complexity index is 1330. The Kier molecular flexibility index (Phi) is 9.03. The monoisotopic (exact) mass is 567 g/mol. The molecule has 0 atom stereocenters. The summed E-state index contributed by atoms with van der Waals surface area (Å²) >= 11 is 13.3. The van der Waals surface area contributed by atoms with Gasteiger partial charge in [0.05, 0.1) is 23.6 Å². The minimum Gasteiger partial charge on any atom is -0.493 e. The van der Waals surface area contributed by atoms with Crippen LogP contribution in [0, 0.1) is 0 Å². The Morgan fingerprint density at radius 2 is 1.68 bits per heavy atom. The Balaban J connectivity index is 1.39. The lowest BCUT2D eigenvalue weighted by Gasteiger charge is -2.19. The molecule has 0 bridgehead atoms. The highest BCUT2D eigenvalue weighted by atomic mass is 35.5. The summed E-state index contributed by atoms with van der Waals surface area (Å²) in [5, 5.41) is 0.380. The van der Waals surface area contributed by atoms with Crippen LogP contribution in [-0.2, 0) is 16.8 Å². The van der Waals surface area contributed by atoms with E-state index < -0.39 is 0 Å². The number of amides is 1. The summed E-state index contributed by atoms with van der Waals surface area (Å²) in [6, 6.07) is 21.4. The number of ether oxygens (including phenoxy) is 3. The van der Waals surface area contributed by atoms with Crippen molar-refractivity contribution in [3.8, 4) is 17.2 Å². The fraction of sp³-hybridized carbons (Fsp3) is 0.267. The second kappa shape index (κ2) is 12.2. The number of rotatable bonds is 9. The number of thioether (sulfide) groups is 1. The van der Waals surface area contributed by atoms with Gasteiger partial charge in [0.15, 0.2) is 11.5 Å². The van der Waals surface area contributed by atoms with Crippen LogP contribution < -0.4 is 14.2 Å². The Morgan fingerprint density at radius 3 is 2.34 bits per heavy atom. The van der Waals surface area contributed by atoms with Gasteiger partial charge in [0.1, 0.15) is 23.3 Å². The molecule has 0 spiro atoms. The van der Waals surface area contributed by atoms with Crippen LogP contribution in [0.1, 0.15) is 37.5 Å². The standard InChI is InChI=1S/C30H30ClNO4S2/c1-30(2,3)22-10-12-23(13-11-22)35-14-15-36-27-24(31)16-21(17-25(27)34-4)18-26-28(33)32(29(37)38-26)19-20-8-6-5-7-9-20/h5-13,16-18H,14-15,19H2,1-4H3. The number of benzene rings is 3. The minimum absolute atomic E-state index is 0.0915. The average Bonchev–Trinajstić information content (AvgIpc) is 3.14. The third-order valence-electron chi connectivity index (χ3n) is 5.93. The van der Waals surface area contributed by atoms with Gasteiger partial charge < -0.3 is 14.2 Å². The first-order valence-corrected chi connectivity index (χ1v) is 13.8. The molecule has 1 heterocycles. The van der Waals surface area contributed by atoms with E-state index in [0.29, 0.717) is 38.9 Å². The van der Waals surface area contributed by atoms with E-state index in [4.69, 9.17) is 38.0 Å². The van der Waals surface area contributed by atoms with Crippen LogP contribution in [0.5, 0.6) is 17.2 Å². The number of carbonyl (C=O) groups is 1. The van der Waals surface area contributed by atoms with Crippen molar-refractivity contribution in [1.82, 2.24) is 4.90 Å². The van der Waals surface area contributed by atoms with Gasteiger partial charge in [0.25, 0.3) is 5.91 Å². The summed E-state index contributed by atoms with van der Waals surface area (Å²) in [6.07, 6.45) is 1.77. The Labute approximate surface area is 238 Å². The van der Waals surface area contributed by atoms with E-state index in [1.54, 1.807) is 30.2 Å². The highest BCUT2D eigenvalue weighted by Gasteiger charge is 2.32. The van der Waals surface area contributed by atoms with E-state index in [1.165, 1.54) is 17.3 Å². The van der Waals surface area contributed by atoms with Crippen molar-refractivity contribution < 1.29 is 19.0 Å². The summed E-state index contributed by atoms with van der Waals surface area (Å²) in [4.78, 5) is 15.2. The molecular formula is C30H30ClNO4S2. The zero-order valence-electron chi connectivity index (χ0n) is 21.8. The summed E-state index contributed by atoms with van der Waals surface area (Å²) in [5.41, 5.74) is 3.07. The van der Waals surface area contributed by atoms with E-state index in [1.807, 2.05) is 42.5 Å². The zero-order chi connectivity index (χ0) is 27.3. The first-order valence-electron chi connectivity index (χ1n) is 12.2. The molecule has 1 fully saturated rings. The van der Waals surface area contributed by atoms with Crippen molar-refractivity contribution in [2.24, 2.45) is 0 Å². The van der Waals surface area contributed by atoms with Crippen molar-refractivity contribution in [2.45, 2.75) is 32.7 Å². The predicted molar refractivity (Wildman–Crippen MR) is 159 cm³/mol. The second-order valence-electron chi connectivity index (χ2n) is 9.76. The van der Waals surface area contributed by atoms with Gasteiger partial charge in [-0.25, -0.2) is 0 Å². The molecule has 1 amide bonds. The molecule has 1 saturated heterocycles. The van der Waals surface area contributed by atoms with Gasteiger partial charge in [-0.1, -0.05) is 98.8 Å². The van der Waals surface area contributed by atoms with Gasteiger partial charge in [-0.2, -0.15) is 0 Å². The van der Waals surface area contributed by atoms with Crippen LogP contribution in [0.25, 0.3) is 6.08 Å². The third kappa shape index (κ3) is 6.90. The summed E-state index contributed by atoms with van der Waals surface area (Å²) in [5.74, 6) is 1.54. The maximum absolute atomic E-state index is 13.0. The molecule has 198 valence electrons. The quantitative estimate of drug-likeness (QED) is 0.151. The van der Waals surface area contributed by atoms with Crippen molar-refractivity contribution in [2.75, 3.05) is 20.3 Å². The molecule has 1 aliphatic rings. The highest BCUT2D eigenvalue weighted by molar-refractivity contribution is 8.26. The first kappa shape index (κ1) is 28.0. The smallest absolute Gasteiger partial charge is 0.266 e.